The van der Waals surface area contributed by atoms with Crippen molar-refractivity contribution in [3.63, 3.8) is 0 Å². The van der Waals surface area contributed by atoms with E-state index in [0.29, 0.717) is 5.69 Å². The van der Waals surface area contributed by atoms with Gasteiger partial charge in [0.2, 0.25) is 0 Å². The topological polar surface area (TPSA) is 79.6 Å². The summed E-state index contributed by atoms with van der Waals surface area (Å²) < 4.78 is 5.48. The number of benzene rings is 1. The number of nitrogens with zero attached hydrogens (tertiary/aromatic N) is 1. The van der Waals surface area contributed by atoms with Gasteiger partial charge >= 0.3 is 6.09 Å². The molecular weight excluding hydrogens is 316 g/mol. The van der Waals surface area contributed by atoms with Crippen LogP contribution in [0.5, 0.6) is 0 Å². The van der Waals surface area contributed by atoms with Crippen LogP contribution in [-0.2, 0) is 10.3 Å². The third-order valence-corrected chi connectivity index (χ3v) is 4.47. The predicted octanol–water partition coefficient (Wildman–Crippen LogP) is 3.15. The number of nitrogens with one attached hydrogen (secondary N) is 2. The molecule has 1 fully saturated rings. The van der Waals surface area contributed by atoms with Gasteiger partial charge in [-0.1, -0.05) is 6.07 Å². The Morgan fingerprint density at radius 1 is 1.24 bits per heavy atom. The second kappa shape index (κ2) is 7.52. The maximum atomic E-state index is 12.4. The number of anilines is 2. The van der Waals surface area contributed by atoms with Crippen LogP contribution in [0.3, 0.4) is 0 Å². The number of rotatable bonds is 5. The van der Waals surface area contributed by atoms with E-state index in [-0.39, 0.29) is 0 Å². The van der Waals surface area contributed by atoms with E-state index in [9.17, 15) is 4.79 Å². The van der Waals surface area contributed by atoms with Crippen LogP contribution < -0.4 is 16.4 Å². The van der Waals surface area contributed by atoms with Gasteiger partial charge in [-0.15, -0.1) is 0 Å². The maximum Gasteiger partial charge on any atom is 0.408 e. The average Bonchev–Trinajstić information content (AvgIpc) is 2.97. The molecule has 1 aliphatic rings. The van der Waals surface area contributed by atoms with Crippen LogP contribution in [0.15, 0.2) is 18.2 Å². The molecule has 6 nitrogen and oxygen atoms in total. The smallest absolute Gasteiger partial charge is 0.408 e. The molecule has 1 saturated heterocycles. The van der Waals surface area contributed by atoms with Gasteiger partial charge in [-0.05, 0) is 71.3 Å². The van der Waals surface area contributed by atoms with Crippen molar-refractivity contribution >= 4 is 17.5 Å². The van der Waals surface area contributed by atoms with Crippen LogP contribution >= 0.6 is 0 Å². The molecule has 0 saturated carbocycles. The molecule has 0 aliphatic carbocycles. The number of hydrogen-bond donors (Lipinski definition) is 3. The molecule has 0 aromatic heterocycles. The van der Waals surface area contributed by atoms with Gasteiger partial charge in [-0.2, -0.15) is 0 Å². The zero-order chi connectivity index (χ0) is 18.7. The van der Waals surface area contributed by atoms with Crippen molar-refractivity contribution in [3.05, 3.63) is 23.8 Å². The molecule has 4 N–H and O–H groups in total. The lowest BCUT2D eigenvalue weighted by molar-refractivity contribution is 0.0438. The van der Waals surface area contributed by atoms with Gasteiger partial charge < -0.3 is 26.0 Å². The number of carbonyl (C=O) groups excluding carboxylic acids is 1. The number of carbonyl (C=O) groups is 1. The van der Waals surface area contributed by atoms with Crippen molar-refractivity contribution in [1.29, 1.82) is 0 Å². The number of hydrogen-bond acceptors (Lipinski definition) is 5. The normalized spacial score (nSPS) is 17.8. The molecule has 0 bridgehead atoms. The fraction of sp³-hybridized carbons (Fsp3) is 0.632. The molecule has 0 spiro atoms. The van der Waals surface area contributed by atoms with Gasteiger partial charge in [0.05, 0.1) is 16.9 Å². The van der Waals surface area contributed by atoms with E-state index in [0.717, 1.165) is 30.9 Å². The van der Waals surface area contributed by atoms with E-state index >= 15 is 0 Å². The van der Waals surface area contributed by atoms with Gasteiger partial charge in [-0.25, -0.2) is 4.79 Å². The number of ether oxygens (including phenoxy) is 1. The van der Waals surface area contributed by atoms with Gasteiger partial charge in [0.25, 0.3) is 0 Å². The lowest BCUT2D eigenvalue weighted by atomic mass is 9.90. The van der Waals surface area contributed by atoms with E-state index in [1.54, 1.807) is 0 Å². The molecule has 1 unspecified atom stereocenters. The van der Waals surface area contributed by atoms with Crippen LogP contribution in [0.2, 0.25) is 0 Å². The monoisotopic (exact) mass is 348 g/mol. The van der Waals surface area contributed by atoms with Gasteiger partial charge in [-0.3, -0.25) is 0 Å². The number of nitrogens with two attached hydrogens (primary N) is 1. The Labute approximate surface area is 151 Å². The second-order valence-electron chi connectivity index (χ2n) is 7.99. The van der Waals surface area contributed by atoms with E-state index in [1.807, 2.05) is 52.9 Å². The van der Waals surface area contributed by atoms with Gasteiger partial charge in [0, 0.05) is 13.6 Å². The van der Waals surface area contributed by atoms with E-state index in [1.165, 1.54) is 12.8 Å². The summed E-state index contributed by atoms with van der Waals surface area (Å²) in [5.41, 5.74) is 7.56. The minimum atomic E-state index is -0.576. The highest BCUT2D eigenvalue weighted by Crippen LogP contribution is 2.29. The zero-order valence-corrected chi connectivity index (χ0v) is 16.1. The number of alkyl carbamates (subject to hydrolysis) is 1. The van der Waals surface area contributed by atoms with Crippen molar-refractivity contribution < 1.29 is 9.53 Å². The summed E-state index contributed by atoms with van der Waals surface area (Å²) in [5.74, 6) is 0. The minimum Gasteiger partial charge on any atom is -0.444 e. The third-order valence-electron chi connectivity index (χ3n) is 4.47. The van der Waals surface area contributed by atoms with E-state index in [2.05, 4.69) is 15.5 Å². The summed E-state index contributed by atoms with van der Waals surface area (Å²) in [6, 6.07) is 5.89. The average molecular weight is 348 g/mol. The van der Waals surface area contributed by atoms with Gasteiger partial charge in [0.1, 0.15) is 5.60 Å². The number of nitrogen functional groups attached to an aromatic ring is 1. The first-order chi connectivity index (χ1) is 11.6. The van der Waals surface area contributed by atoms with Crippen molar-refractivity contribution in [2.75, 3.05) is 37.7 Å². The van der Waals surface area contributed by atoms with Crippen molar-refractivity contribution in [2.24, 2.45) is 0 Å². The summed E-state index contributed by atoms with van der Waals surface area (Å²) in [5, 5.41) is 6.15. The largest absolute Gasteiger partial charge is 0.444 e. The Morgan fingerprint density at radius 3 is 2.40 bits per heavy atom. The molecule has 1 aromatic rings. The molecule has 1 amide bonds. The number of likely N-dealkylation sites (tertiary alicyclic amines) is 1. The summed E-state index contributed by atoms with van der Waals surface area (Å²) in [6.45, 7) is 10.5. The molecule has 1 aliphatic heterocycles. The molecule has 2 rings (SSSR count). The van der Waals surface area contributed by atoms with Crippen molar-refractivity contribution in [1.82, 2.24) is 10.2 Å². The minimum absolute atomic E-state index is 0.412. The zero-order valence-electron chi connectivity index (χ0n) is 16.1. The lowest BCUT2D eigenvalue weighted by Crippen LogP contribution is -2.52. The van der Waals surface area contributed by atoms with Crippen LogP contribution in [0.4, 0.5) is 16.2 Å². The Hall–Kier alpha value is -1.95. The molecule has 0 radical (unpaired) electrons. The summed E-state index contributed by atoms with van der Waals surface area (Å²) in [6.07, 6.45) is 1.98. The van der Waals surface area contributed by atoms with Gasteiger partial charge in [0.15, 0.2) is 0 Å². The standard InChI is InChI=1S/C19H32N4O2/c1-18(2,3)25-17(24)22-19(4,13-23-10-6-7-11-23)14-8-9-16(21-5)15(20)12-14/h8-9,12,21H,6-7,10-11,13,20H2,1-5H3,(H,22,24). The first kappa shape index (κ1) is 19.4. The first-order valence-corrected chi connectivity index (χ1v) is 8.94. The van der Waals surface area contributed by atoms with Crippen molar-refractivity contribution in [3.8, 4) is 0 Å². The fourth-order valence-electron chi connectivity index (χ4n) is 3.25. The first-order valence-electron chi connectivity index (χ1n) is 8.94. The second-order valence-corrected chi connectivity index (χ2v) is 7.99. The molecule has 6 heteroatoms. The van der Waals surface area contributed by atoms with E-state index < -0.39 is 17.2 Å². The van der Waals surface area contributed by atoms with Crippen molar-refractivity contribution in [2.45, 2.75) is 51.7 Å². The number of amides is 1. The van der Waals surface area contributed by atoms with Crippen LogP contribution in [0.1, 0.15) is 46.1 Å². The third kappa shape index (κ3) is 5.26. The summed E-state index contributed by atoms with van der Waals surface area (Å²) in [4.78, 5) is 14.8. The molecule has 1 atom stereocenters. The Balaban J connectivity index is 2.27. The summed E-state index contributed by atoms with van der Waals surface area (Å²) in [7, 11) is 1.84. The maximum absolute atomic E-state index is 12.4. The predicted molar refractivity (Wildman–Crippen MR) is 103 cm³/mol. The van der Waals surface area contributed by atoms with E-state index in [4.69, 9.17) is 10.5 Å². The Bertz CT molecular complexity index is 606. The fourth-order valence-corrected chi connectivity index (χ4v) is 3.25. The lowest BCUT2D eigenvalue weighted by Gasteiger charge is -2.36. The molecular formula is C19H32N4O2. The van der Waals surface area contributed by atoms with Crippen LogP contribution in [-0.4, -0.2) is 43.3 Å². The Morgan fingerprint density at radius 2 is 1.88 bits per heavy atom. The molecule has 1 aromatic carbocycles. The molecule has 1 heterocycles. The molecule has 25 heavy (non-hydrogen) atoms. The summed E-state index contributed by atoms with van der Waals surface area (Å²) >= 11 is 0. The highest BCUT2D eigenvalue weighted by atomic mass is 16.6. The SMILES string of the molecule is CNc1ccc(C(C)(CN2CCCC2)NC(=O)OC(C)(C)C)cc1N. The highest BCUT2D eigenvalue weighted by Gasteiger charge is 2.34. The molecule has 140 valence electrons. The highest BCUT2D eigenvalue weighted by molar-refractivity contribution is 5.71. The Kier molecular flexibility index (Phi) is 5.83. The quantitative estimate of drug-likeness (QED) is 0.712. The van der Waals surface area contributed by atoms with Crippen LogP contribution in [0.25, 0.3) is 0 Å². The van der Waals surface area contributed by atoms with Crippen LogP contribution in [0, 0.1) is 0 Å².